The number of hydrogen-bond acceptors (Lipinski definition) is 1. The predicted molar refractivity (Wildman–Crippen MR) is 108 cm³/mol. The highest BCUT2D eigenvalue weighted by Gasteiger charge is 2.13. The summed E-state index contributed by atoms with van der Waals surface area (Å²) in [7, 11) is 0. The first-order chi connectivity index (χ1) is 12.4. The summed E-state index contributed by atoms with van der Waals surface area (Å²) in [6.07, 6.45) is 8.98. The average molecular weight is 330 g/mol. The van der Waals surface area contributed by atoms with E-state index in [-0.39, 0.29) is 0 Å². The van der Waals surface area contributed by atoms with Gasteiger partial charge in [0.2, 0.25) is 0 Å². The number of fused-ring (bicyclic) bond motifs is 5. The first-order valence-electron chi connectivity index (χ1n) is 9.66. The van der Waals surface area contributed by atoms with Gasteiger partial charge in [-0.3, -0.25) is 4.98 Å². The van der Waals surface area contributed by atoms with Gasteiger partial charge in [0.05, 0.1) is 16.7 Å². The third-order valence-electron chi connectivity index (χ3n) is 5.19. The molecule has 2 nitrogen and oxygen atoms in total. The van der Waals surface area contributed by atoms with Gasteiger partial charge in [-0.15, -0.1) is 0 Å². The topological polar surface area (TPSA) is 28.7 Å². The molecule has 2 heterocycles. The molecule has 0 radical (unpaired) electrons. The molecule has 0 bridgehead atoms. The van der Waals surface area contributed by atoms with Crippen molar-refractivity contribution in [3.63, 3.8) is 0 Å². The Morgan fingerprint density at radius 3 is 2.40 bits per heavy atom. The number of pyridine rings is 1. The van der Waals surface area contributed by atoms with Crippen LogP contribution in [0.1, 0.15) is 51.1 Å². The second kappa shape index (κ2) is 7.26. The number of benzene rings is 2. The van der Waals surface area contributed by atoms with Crippen LogP contribution in [-0.2, 0) is 6.42 Å². The van der Waals surface area contributed by atoms with Crippen LogP contribution in [0.2, 0.25) is 0 Å². The van der Waals surface area contributed by atoms with E-state index < -0.39 is 0 Å². The number of nitrogens with one attached hydrogen (secondary N) is 1. The van der Waals surface area contributed by atoms with E-state index in [1.807, 2.05) is 0 Å². The van der Waals surface area contributed by atoms with Crippen molar-refractivity contribution in [2.24, 2.45) is 0 Å². The van der Waals surface area contributed by atoms with Crippen molar-refractivity contribution in [1.82, 2.24) is 9.97 Å². The smallest absolute Gasteiger partial charge is 0.0726 e. The molecule has 0 spiro atoms. The van der Waals surface area contributed by atoms with Crippen LogP contribution in [0, 0.1) is 0 Å². The number of hydrogen-bond donors (Lipinski definition) is 1. The van der Waals surface area contributed by atoms with Crippen molar-refractivity contribution in [3.8, 4) is 0 Å². The Kier molecular flexibility index (Phi) is 4.69. The Bertz CT molecular complexity index is 997. The molecule has 0 aliphatic heterocycles. The summed E-state index contributed by atoms with van der Waals surface area (Å²) in [5.74, 6) is 0. The fourth-order valence-electron chi connectivity index (χ4n) is 3.88. The highest BCUT2D eigenvalue weighted by molar-refractivity contribution is 6.17. The van der Waals surface area contributed by atoms with Crippen molar-refractivity contribution in [2.75, 3.05) is 0 Å². The van der Waals surface area contributed by atoms with Crippen LogP contribution < -0.4 is 0 Å². The minimum atomic E-state index is 1.06. The summed E-state index contributed by atoms with van der Waals surface area (Å²) in [4.78, 5) is 8.68. The number of H-pyrrole nitrogens is 1. The number of rotatable bonds is 7. The molecular weight excluding hydrogens is 304 g/mol. The van der Waals surface area contributed by atoms with E-state index in [1.54, 1.807) is 0 Å². The third-order valence-corrected chi connectivity index (χ3v) is 5.19. The lowest BCUT2D eigenvalue weighted by atomic mass is 10.0. The molecular formula is C23H26N2. The fourth-order valence-corrected chi connectivity index (χ4v) is 3.88. The summed E-state index contributed by atoms with van der Waals surface area (Å²) in [6, 6.07) is 17.1. The minimum absolute atomic E-state index is 1.06. The van der Waals surface area contributed by atoms with E-state index in [2.05, 4.69) is 60.4 Å². The van der Waals surface area contributed by atoms with Crippen LogP contribution in [0.15, 0.2) is 48.5 Å². The van der Waals surface area contributed by atoms with Crippen molar-refractivity contribution >= 4 is 32.7 Å². The predicted octanol–water partition coefficient (Wildman–Crippen LogP) is 6.77. The first kappa shape index (κ1) is 16.1. The lowest BCUT2D eigenvalue weighted by Gasteiger charge is -2.07. The molecule has 0 saturated carbocycles. The maximum atomic E-state index is 5.04. The zero-order valence-electron chi connectivity index (χ0n) is 15.0. The zero-order valence-corrected chi connectivity index (χ0v) is 15.0. The number of aromatic nitrogens is 2. The molecule has 128 valence electrons. The van der Waals surface area contributed by atoms with Crippen LogP contribution in [-0.4, -0.2) is 9.97 Å². The Morgan fingerprint density at radius 2 is 1.52 bits per heavy atom. The lowest BCUT2D eigenvalue weighted by Crippen LogP contribution is -1.94. The van der Waals surface area contributed by atoms with E-state index in [0.717, 1.165) is 11.9 Å². The molecule has 0 aliphatic rings. The Labute approximate surface area is 149 Å². The first-order valence-corrected chi connectivity index (χ1v) is 9.66. The second-order valence-corrected chi connectivity index (χ2v) is 7.01. The zero-order chi connectivity index (χ0) is 17.1. The molecule has 0 aliphatic carbocycles. The molecule has 2 aromatic heterocycles. The molecule has 2 aromatic carbocycles. The normalized spacial score (nSPS) is 11.7. The van der Waals surface area contributed by atoms with Crippen LogP contribution in [0.25, 0.3) is 32.7 Å². The van der Waals surface area contributed by atoms with Gasteiger partial charge in [0.25, 0.3) is 0 Å². The maximum absolute atomic E-state index is 5.04. The van der Waals surface area contributed by atoms with Crippen LogP contribution >= 0.6 is 0 Å². The minimum Gasteiger partial charge on any atom is -0.354 e. The maximum Gasteiger partial charge on any atom is 0.0726 e. The summed E-state index contributed by atoms with van der Waals surface area (Å²) in [6.45, 7) is 2.27. The number of aryl methyl sites for hydroxylation is 1. The molecule has 0 fully saturated rings. The average Bonchev–Trinajstić information content (AvgIpc) is 3.04. The van der Waals surface area contributed by atoms with Crippen molar-refractivity contribution < 1.29 is 0 Å². The molecule has 0 atom stereocenters. The molecule has 0 amide bonds. The Morgan fingerprint density at radius 1 is 0.800 bits per heavy atom. The van der Waals surface area contributed by atoms with Gasteiger partial charge in [0.15, 0.2) is 0 Å². The van der Waals surface area contributed by atoms with Gasteiger partial charge in [0.1, 0.15) is 0 Å². The molecule has 4 aromatic rings. The number of para-hydroxylation sites is 2. The molecule has 0 saturated heterocycles. The summed E-state index contributed by atoms with van der Waals surface area (Å²) >= 11 is 0. The molecule has 2 heteroatoms. The third kappa shape index (κ3) is 3.13. The van der Waals surface area contributed by atoms with Gasteiger partial charge in [-0.2, -0.15) is 0 Å². The summed E-state index contributed by atoms with van der Waals surface area (Å²) < 4.78 is 0. The number of aromatic amines is 1. The van der Waals surface area contributed by atoms with Gasteiger partial charge in [0, 0.05) is 21.7 Å². The van der Waals surface area contributed by atoms with Gasteiger partial charge >= 0.3 is 0 Å². The van der Waals surface area contributed by atoms with Crippen LogP contribution in [0.4, 0.5) is 0 Å². The second-order valence-electron chi connectivity index (χ2n) is 7.01. The fraction of sp³-hybridized carbons (Fsp3) is 0.348. The standard InChI is InChI=1S/C23H26N2/c1-2-3-4-5-6-7-16-21-22-17-12-8-10-14-19(17)25-23(22)18-13-9-11-15-20(18)24-21/h8-15,25H,2-7,16H2,1H3. The van der Waals surface area contributed by atoms with Gasteiger partial charge in [-0.05, 0) is 25.0 Å². The summed E-state index contributed by atoms with van der Waals surface area (Å²) in [5, 5.41) is 3.85. The van der Waals surface area contributed by atoms with Crippen molar-refractivity contribution in [3.05, 3.63) is 54.2 Å². The van der Waals surface area contributed by atoms with Crippen molar-refractivity contribution in [1.29, 1.82) is 0 Å². The van der Waals surface area contributed by atoms with Gasteiger partial charge in [-0.25, -0.2) is 0 Å². The van der Waals surface area contributed by atoms with E-state index in [4.69, 9.17) is 4.98 Å². The van der Waals surface area contributed by atoms with Gasteiger partial charge < -0.3 is 4.98 Å². The number of nitrogens with zero attached hydrogens (tertiary/aromatic N) is 1. The highest BCUT2D eigenvalue weighted by atomic mass is 14.8. The molecule has 4 rings (SSSR count). The molecule has 1 N–H and O–H groups in total. The van der Waals surface area contributed by atoms with E-state index in [1.165, 1.54) is 71.4 Å². The highest BCUT2D eigenvalue weighted by Crippen LogP contribution is 2.33. The largest absolute Gasteiger partial charge is 0.354 e. The van der Waals surface area contributed by atoms with E-state index in [9.17, 15) is 0 Å². The Balaban J connectivity index is 1.73. The number of unbranched alkanes of at least 4 members (excludes halogenated alkanes) is 5. The Hall–Kier alpha value is -2.35. The monoisotopic (exact) mass is 330 g/mol. The van der Waals surface area contributed by atoms with E-state index in [0.29, 0.717) is 0 Å². The molecule has 0 unspecified atom stereocenters. The van der Waals surface area contributed by atoms with E-state index >= 15 is 0 Å². The van der Waals surface area contributed by atoms with Crippen molar-refractivity contribution in [2.45, 2.75) is 51.9 Å². The van der Waals surface area contributed by atoms with Crippen LogP contribution in [0.5, 0.6) is 0 Å². The quantitative estimate of drug-likeness (QED) is 0.372. The van der Waals surface area contributed by atoms with Crippen LogP contribution in [0.3, 0.4) is 0 Å². The van der Waals surface area contributed by atoms with Gasteiger partial charge in [-0.1, -0.05) is 75.4 Å². The lowest BCUT2D eigenvalue weighted by molar-refractivity contribution is 0.606. The SMILES string of the molecule is CCCCCCCCc1nc2ccccc2c2[nH]c3ccccc3c12. The summed E-state index contributed by atoms with van der Waals surface area (Å²) in [5.41, 5.74) is 4.80. The molecule has 25 heavy (non-hydrogen) atoms.